The van der Waals surface area contributed by atoms with Crippen LogP contribution >= 0.6 is 11.3 Å². The van der Waals surface area contributed by atoms with Crippen molar-refractivity contribution in [1.29, 1.82) is 0 Å². The van der Waals surface area contributed by atoms with E-state index in [1.165, 1.54) is 4.57 Å². The van der Waals surface area contributed by atoms with E-state index < -0.39 is 5.97 Å². The second-order valence-electron chi connectivity index (χ2n) is 3.84. The molecule has 1 heterocycles. The third kappa shape index (κ3) is 2.36. The van der Waals surface area contributed by atoms with Gasteiger partial charge in [-0.25, -0.2) is 0 Å². The van der Waals surface area contributed by atoms with E-state index in [9.17, 15) is 9.59 Å². The molecule has 94 valence electrons. The summed E-state index contributed by atoms with van der Waals surface area (Å²) >= 11 is 1.12. The molecule has 0 radical (unpaired) electrons. The molecule has 0 aliphatic heterocycles. The molecule has 0 aliphatic rings. The monoisotopic (exact) mass is 263 g/mol. The molecule has 1 aromatic carbocycles. The topological polar surface area (TPSA) is 59.3 Å². The highest BCUT2D eigenvalue weighted by Gasteiger charge is 2.16. The van der Waals surface area contributed by atoms with Crippen LogP contribution in [0.25, 0.3) is 11.3 Å². The first-order valence-electron chi connectivity index (χ1n) is 5.63. The summed E-state index contributed by atoms with van der Waals surface area (Å²) in [5.41, 5.74) is 1.62. The van der Waals surface area contributed by atoms with Gasteiger partial charge >= 0.3 is 10.8 Å². The fraction of sp³-hybridized carbons (Fsp3) is 0.231. The molecule has 18 heavy (non-hydrogen) atoms. The van der Waals surface area contributed by atoms with Gasteiger partial charge in [-0.05, 0) is 12.0 Å². The summed E-state index contributed by atoms with van der Waals surface area (Å²) in [4.78, 5) is 23.4. The molecule has 5 heteroatoms. The van der Waals surface area contributed by atoms with E-state index in [4.69, 9.17) is 5.11 Å². The van der Waals surface area contributed by atoms with E-state index in [0.717, 1.165) is 33.9 Å². The number of aromatic nitrogens is 1. The van der Waals surface area contributed by atoms with Crippen molar-refractivity contribution < 1.29 is 9.90 Å². The number of carboxylic acids is 1. The lowest BCUT2D eigenvalue weighted by Crippen LogP contribution is -2.19. The molecule has 2 rings (SSSR count). The standard InChI is InChI=1S/C13H13NO3S/c1-2-10-12(9-6-4-3-5-7-9)14(8-11(15)16)13(17)18-10/h3-7H,2,8H2,1H3,(H,15,16). The number of carboxylic acid groups (broad SMARTS) is 1. The predicted molar refractivity (Wildman–Crippen MR) is 71.0 cm³/mol. The van der Waals surface area contributed by atoms with E-state index >= 15 is 0 Å². The molecule has 0 aliphatic carbocycles. The van der Waals surface area contributed by atoms with Gasteiger partial charge in [0.1, 0.15) is 6.54 Å². The van der Waals surface area contributed by atoms with Crippen LogP contribution in [0.15, 0.2) is 35.1 Å². The number of carbonyl (C=O) groups is 1. The summed E-state index contributed by atoms with van der Waals surface area (Å²) in [5, 5.41) is 8.89. The molecule has 0 atom stereocenters. The second-order valence-corrected chi connectivity index (χ2v) is 4.89. The van der Waals surface area contributed by atoms with Crippen LogP contribution in [0, 0.1) is 0 Å². The lowest BCUT2D eigenvalue weighted by Gasteiger charge is -2.07. The normalized spacial score (nSPS) is 10.5. The lowest BCUT2D eigenvalue weighted by molar-refractivity contribution is -0.137. The van der Waals surface area contributed by atoms with Gasteiger partial charge in [0.2, 0.25) is 0 Å². The first-order chi connectivity index (χ1) is 8.63. The number of hydrogen-bond acceptors (Lipinski definition) is 3. The van der Waals surface area contributed by atoms with Gasteiger partial charge in [-0.2, -0.15) is 0 Å². The molecule has 0 saturated carbocycles. The van der Waals surface area contributed by atoms with Crippen LogP contribution in [-0.4, -0.2) is 15.6 Å². The van der Waals surface area contributed by atoms with Crippen LogP contribution in [-0.2, 0) is 17.8 Å². The SMILES string of the molecule is CCc1sc(=O)n(CC(=O)O)c1-c1ccccc1. The third-order valence-electron chi connectivity index (χ3n) is 2.63. The molecular weight excluding hydrogens is 250 g/mol. The van der Waals surface area contributed by atoms with Gasteiger partial charge in [0.05, 0.1) is 5.69 Å². The van der Waals surface area contributed by atoms with E-state index in [-0.39, 0.29) is 11.4 Å². The average Bonchev–Trinajstić information content (AvgIpc) is 2.67. The zero-order valence-corrected chi connectivity index (χ0v) is 10.7. The van der Waals surface area contributed by atoms with Crippen molar-refractivity contribution in [2.75, 3.05) is 0 Å². The number of thiazole rings is 1. The Bertz CT molecular complexity index is 613. The Labute approximate surface area is 108 Å². The predicted octanol–water partition coefficient (Wildman–Crippen LogP) is 2.22. The fourth-order valence-corrected chi connectivity index (χ4v) is 2.83. The molecular formula is C13H13NO3S. The highest BCUT2D eigenvalue weighted by atomic mass is 32.1. The lowest BCUT2D eigenvalue weighted by atomic mass is 10.1. The summed E-state index contributed by atoms with van der Waals surface area (Å²) in [7, 11) is 0. The van der Waals surface area contributed by atoms with Crippen molar-refractivity contribution in [2.45, 2.75) is 19.9 Å². The van der Waals surface area contributed by atoms with E-state index in [2.05, 4.69) is 0 Å². The molecule has 0 saturated heterocycles. The van der Waals surface area contributed by atoms with E-state index in [0.29, 0.717) is 0 Å². The van der Waals surface area contributed by atoms with Crippen LogP contribution in [0.2, 0.25) is 0 Å². The number of aliphatic carboxylic acids is 1. The average molecular weight is 263 g/mol. The van der Waals surface area contributed by atoms with Gasteiger partial charge in [0.25, 0.3) is 0 Å². The highest BCUT2D eigenvalue weighted by molar-refractivity contribution is 7.09. The van der Waals surface area contributed by atoms with Gasteiger partial charge in [-0.15, -0.1) is 0 Å². The van der Waals surface area contributed by atoms with Crippen LogP contribution < -0.4 is 4.87 Å². The third-order valence-corrected chi connectivity index (χ3v) is 3.75. The second kappa shape index (κ2) is 5.18. The van der Waals surface area contributed by atoms with Crippen LogP contribution in [0.5, 0.6) is 0 Å². The van der Waals surface area contributed by atoms with Crippen LogP contribution in [0.3, 0.4) is 0 Å². The fourth-order valence-electron chi connectivity index (χ4n) is 1.88. The largest absolute Gasteiger partial charge is 0.480 e. The molecule has 1 N–H and O–H groups in total. The molecule has 0 bridgehead atoms. The minimum Gasteiger partial charge on any atom is -0.480 e. The van der Waals surface area contributed by atoms with Gasteiger partial charge in [0.15, 0.2) is 0 Å². The maximum Gasteiger partial charge on any atom is 0.323 e. The minimum atomic E-state index is -1.00. The number of rotatable bonds is 4. The van der Waals surface area contributed by atoms with E-state index in [1.807, 2.05) is 37.3 Å². The number of aryl methyl sites for hydroxylation is 1. The van der Waals surface area contributed by atoms with Gasteiger partial charge < -0.3 is 5.11 Å². The van der Waals surface area contributed by atoms with Gasteiger partial charge in [0, 0.05) is 4.88 Å². The summed E-state index contributed by atoms with van der Waals surface area (Å²) in [6.07, 6.45) is 0.719. The van der Waals surface area contributed by atoms with Crippen molar-refractivity contribution in [3.63, 3.8) is 0 Å². The Balaban J connectivity index is 2.63. The van der Waals surface area contributed by atoms with Crippen molar-refractivity contribution in [2.24, 2.45) is 0 Å². The smallest absolute Gasteiger partial charge is 0.323 e. The molecule has 2 aromatic rings. The summed E-state index contributed by atoms with van der Waals surface area (Å²) in [6.45, 7) is 1.67. The van der Waals surface area contributed by atoms with Crippen LogP contribution in [0.4, 0.5) is 0 Å². The minimum absolute atomic E-state index is 0.215. The Kier molecular flexibility index (Phi) is 3.62. The maximum atomic E-state index is 11.8. The first-order valence-corrected chi connectivity index (χ1v) is 6.44. The Morgan fingerprint density at radius 2 is 2.00 bits per heavy atom. The molecule has 0 unspecified atom stereocenters. The van der Waals surface area contributed by atoms with Gasteiger partial charge in [-0.3, -0.25) is 14.2 Å². The zero-order chi connectivity index (χ0) is 13.1. The molecule has 0 amide bonds. The van der Waals surface area contributed by atoms with E-state index in [1.54, 1.807) is 0 Å². The molecule has 0 fully saturated rings. The number of hydrogen-bond donors (Lipinski definition) is 1. The number of nitrogens with zero attached hydrogens (tertiary/aromatic N) is 1. The Morgan fingerprint density at radius 3 is 2.56 bits per heavy atom. The Hall–Kier alpha value is -1.88. The summed E-state index contributed by atoms with van der Waals surface area (Å²) in [6, 6.07) is 9.42. The maximum absolute atomic E-state index is 11.8. The van der Waals surface area contributed by atoms with Crippen molar-refractivity contribution in [3.8, 4) is 11.3 Å². The first kappa shape index (κ1) is 12.6. The summed E-state index contributed by atoms with van der Waals surface area (Å²) in [5.74, 6) is -1.00. The summed E-state index contributed by atoms with van der Waals surface area (Å²) < 4.78 is 1.33. The zero-order valence-electron chi connectivity index (χ0n) is 9.92. The van der Waals surface area contributed by atoms with Crippen molar-refractivity contribution >= 4 is 17.3 Å². The van der Waals surface area contributed by atoms with Crippen molar-refractivity contribution in [3.05, 3.63) is 44.9 Å². The molecule has 4 nitrogen and oxygen atoms in total. The van der Waals surface area contributed by atoms with Gasteiger partial charge in [-0.1, -0.05) is 48.6 Å². The number of benzene rings is 1. The van der Waals surface area contributed by atoms with Crippen molar-refractivity contribution in [1.82, 2.24) is 4.57 Å². The molecule has 0 spiro atoms. The molecule has 1 aromatic heterocycles. The Morgan fingerprint density at radius 1 is 1.33 bits per heavy atom. The van der Waals surface area contributed by atoms with Crippen LogP contribution in [0.1, 0.15) is 11.8 Å². The quantitative estimate of drug-likeness (QED) is 0.920. The highest BCUT2D eigenvalue weighted by Crippen LogP contribution is 2.26.